The molecule has 1 unspecified atom stereocenters. The van der Waals surface area contributed by atoms with Crippen LogP contribution in [0.4, 0.5) is 8.78 Å². The van der Waals surface area contributed by atoms with Gasteiger partial charge in [0.1, 0.15) is 22.9 Å². The molecule has 2 rings (SSSR count). The Hall–Kier alpha value is -2.25. The molecule has 0 bridgehead atoms. The molecular formula is C17H21F2N3O2. The molecule has 0 spiro atoms. The lowest BCUT2D eigenvalue weighted by Gasteiger charge is -2.24. The third-order valence-corrected chi connectivity index (χ3v) is 3.68. The number of nitrogens with zero attached hydrogens (tertiary/aromatic N) is 1. The number of carbonyl (C=O) groups excluding carboxylic acids is 1. The van der Waals surface area contributed by atoms with Gasteiger partial charge in [0, 0.05) is 44.5 Å². The van der Waals surface area contributed by atoms with Crippen molar-refractivity contribution in [1.82, 2.24) is 15.2 Å². The molecule has 0 saturated carbocycles. The second-order valence-electron chi connectivity index (χ2n) is 6.10. The molecule has 1 heterocycles. The van der Waals surface area contributed by atoms with Gasteiger partial charge in [-0.15, -0.1) is 0 Å². The van der Waals surface area contributed by atoms with Crippen molar-refractivity contribution in [3.8, 4) is 0 Å². The first-order chi connectivity index (χ1) is 11.2. The Labute approximate surface area is 139 Å². The summed E-state index contributed by atoms with van der Waals surface area (Å²) in [7, 11) is 3.32. The molecule has 130 valence electrons. The maximum Gasteiger partial charge on any atom is 0.269 e. The molecule has 3 N–H and O–H groups in total. The summed E-state index contributed by atoms with van der Waals surface area (Å²) in [5, 5.41) is 13.4. The Morgan fingerprint density at radius 1 is 1.29 bits per heavy atom. The van der Waals surface area contributed by atoms with Gasteiger partial charge in [-0.25, -0.2) is 8.78 Å². The minimum absolute atomic E-state index is 0.0198. The minimum Gasteiger partial charge on any atom is -0.384 e. The van der Waals surface area contributed by atoms with Gasteiger partial charge in [-0.3, -0.25) is 4.79 Å². The zero-order valence-electron chi connectivity index (χ0n) is 13.9. The van der Waals surface area contributed by atoms with Gasteiger partial charge >= 0.3 is 0 Å². The number of aromatic amines is 1. The van der Waals surface area contributed by atoms with Crippen LogP contribution >= 0.6 is 0 Å². The standard InChI is InChI=1S/C17H21F2N3O2/c1-17(24,13-6-4-11(18)8-14(13)19)10-20-9-12-5-7-15(21-12)16(23)22(2)3/h4-8,20-21,24H,9-10H2,1-3H3. The van der Waals surface area contributed by atoms with Crippen LogP contribution in [0.1, 0.15) is 28.7 Å². The van der Waals surface area contributed by atoms with Crippen LogP contribution in [-0.2, 0) is 12.1 Å². The van der Waals surface area contributed by atoms with Gasteiger partial charge in [-0.05, 0) is 25.1 Å². The van der Waals surface area contributed by atoms with Gasteiger partial charge in [-0.1, -0.05) is 6.07 Å². The quantitative estimate of drug-likeness (QED) is 0.755. The fraction of sp³-hybridized carbons (Fsp3) is 0.353. The number of rotatable bonds is 6. The predicted molar refractivity (Wildman–Crippen MR) is 86.4 cm³/mol. The molecule has 0 aliphatic carbocycles. The van der Waals surface area contributed by atoms with Crippen LogP contribution in [0, 0.1) is 11.6 Å². The second-order valence-corrected chi connectivity index (χ2v) is 6.10. The average molecular weight is 337 g/mol. The molecule has 0 aliphatic rings. The van der Waals surface area contributed by atoms with Crippen LogP contribution in [0.5, 0.6) is 0 Å². The van der Waals surface area contributed by atoms with Crippen LogP contribution in [-0.4, -0.2) is 41.5 Å². The molecule has 0 saturated heterocycles. The number of carbonyl (C=O) groups is 1. The maximum atomic E-state index is 13.8. The summed E-state index contributed by atoms with van der Waals surface area (Å²) >= 11 is 0. The molecule has 0 radical (unpaired) electrons. The number of halogens is 2. The van der Waals surface area contributed by atoms with E-state index < -0.39 is 17.2 Å². The summed E-state index contributed by atoms with van der Waals surface area (Å²) in [4.78, 5) is 16.2. The number of nitrogens with one attached hydrogen (secondary N) is 2. The molecule has 1 aromatic heterocycles. The Kier molecular flexibility index (Phi) is 5.36. The van der Waals surface area contributed by atoms with Crippen LogP contribution in [0.15, 0.2) is 30.3 Å². The van der Waals surface area contributed by atoms with Crippen LogP contribution < -0.4 is 5.32 Å². The molecule has 24 heavy (non-hydrogen) atoms. The fourth-order valence-electron chi connectivity index (χ4n) is 2.37. The van der Waals surface area contributed by atoms with Crippen molar-refractivity contribution in [2.45, 2.75) is 19.1 Å². The number of hydrogen-bond donors (Lipinski definition) is 3. The lowest BCUT2D eigenvalue weighted by Crippen LogP contribution is -2.36. The highest BCUT2D eigenvalue weighted by Gasteiger charge is 2.26. The smallest absolute Gasteiger partial charge is 0.269 e. The van der Waals surface area contributed by atoms with Crippen molar-refractivity contribution in [2.24, 2.45) is 0 Å². The molecule has 2 aromatic rings. The summed E-state index contributed by atoms with van der Waals surface area (Å²) in [5.41, 5.74) is -0.248. The van der Waals surface area contributed by atoms with E-state index in [2.05, 4.69) is 10.3 Å². The van der Waals surface area contributed by atoms with Crippen molar-refractivity contribution >= 4 is 5.91 Å². The van der Waals surface area contributed by atoms with Crippen LogP contribution in [0.2, 0.25) is 0 Å². The average Bonchev–Trinajstić information content (AvgIpc) is 2.94. The fourth-order valence-corrected chi connectivity index (χ4v) is 2.37. The van der Waals surface area contributed by atoms with Gasteiger partial charge in [-0.2, -0.15) is 0 Å². The van der Waals surface area contributed by atoms with Crippen molar-refractivity contribution in [1.29, 1.82) is 0 Å². The van der Waals surface area contributed by atoms with Gasteiger partial charge in [0.15, 0.2) is 0 Å². The van der Waals surface area contributed by atoms with Crippen molar-refractivity contribution < 1.29 is 18.7 Å². The van der Waals surface area contributed by atoms with E-state index in [4.69, 9.17) is 0 Å². The highest BCUT2D eigenvalue weighted by Crippen LogP contribution is 2.23. The lowest BCUT2D eigenvalue weighted by atomic mass is 9.95. The summed E-state index contributed by atoms with van der Waals surface area (Å²) in [6, 6.07) is 6.52. The van der Waals surface area contributed by atoms with E-state index in [9.17, 15) is 18.7 Å². The Morgan fingerprint density at radius 3 is 2.62 bits per heavy atom. The van der Waals surface area contributed by atoms with Crippen molar-refractivity contribution in [3.63, 3.8) is 0 Å². The summed E-state index contributed by atoms with van der Waals surface area (Å²) < 4.78 is 26.7. The first-order valence-electron chi connectivity index (χ1n) is 7.49. The van der Waals surface area contributed by atoms with Gasteiger partial charge < -0.3 is 20.3 Å². The number of H-pyrrole nitrogens is 1. The highest BCUT2D eigenvalue weighted by molar-refractivity contribution is 5.92. The zero-order valence-corrected chi connectivity index (χ0v) is 13.9. The van der Waals surface area contributed by atoms with E-state index in [0.717, 1.165) is 17.8 Å². The normalized spacial score (nSPS) is 13.6. The van der Waals surface area contributed by atoms with E-state index in [1.54, 1.807) is 26.2 Å². The molecule has 0 aliphatic heterocycles. The maximum absolute atomic E-state index is 13.8. The summed E-state index contributed by atoms with van der Waals surface area (Å²) in [6.07, 6.45) is 0. The second kappa shape index (κ2) is 7.11. The first kappa shape index (κ1) is 18.1. The van der Waals surface area contributed by atoms with Gasteiger partial charge in [0.05, 0.1) is 0 Å². The monoisotopic (exact) mass is 337 g/mol. The number of hydrogen-bond acceptors (Lipinski definition) is 3. The zero-order chi connectivity index (χ0) is 17.9. The molecule has 1 amide bonds. The number of aliphatic hydroxyl groups is 1. The lowest BCUT2D eigenvalue weighted by molar-refractivity contribution is 0.0527. The van der Waals surface area contributed by atoms with E-state index in [0.29, 0.717) is 12.2 Å². The van der Waals surface area contributed by atoms with Gasteiger partial charge in [0.2, 0.25) is 0 Å². The topological polar surface area (TPSA) is 68.4 Å². The molecule has 5 nitrogen and oxygen atoms in total. The van der Waals surface area contributed by atoms with Crippen LogP contribution in [0.25, 0.3) is 0 Å². The van der Waals surface area contributed by atoms with E-state index in [1.807, 2.05) is 0 Å². The summed E-state index contributed by atoms with van der Waals surface area (Å²) in [5.74, 6) is -1.62. The SMILES string of the molecule is CN(C)C(=O)c1ccc(CNCC(C)(O)c2ccc(F)cc2F)[nH]1. The summed E-state index contributed by atoms with van der Waals surface area (Å²) in [6.45, 7) is 1.87. The molecule has 7 heteroatoms. The van der Waals surface area contributed by atoms with Crippen LogP contribution in [0.3, 0.4) is 0 Å². The Bertz CT molecular complexity index is 726. The highest BCUT2D eigenvalue weighted by atomic mass is 19.1. The number of benzene rings is 1. The van der Waals surface area contributed by atoms with Gasteiger partial charge in [0.25, 0.3) is 5.91 Å². The minimum atomic E-state index is -1.49. The third-order valence-electron chi connectivity index (χ3n) is 3.68. The number of aromatic nitrogens is 1. The Morgan fingerprint density at radius 2 is 2.00 bits per heavy atom. The molecule has 0 fully saturated rings. The van der Waals surface area contributed by atoms with E-state index in [1.165, 1.54) is 17.9 Å². The first-order valence-corrected chi connectivity index (χ1v) is 7.49. The number of amides is 1. The van der Waals surface area contributed by atoms with Crippen molar-refractivity contribution in [2.75, 3.05) is 20.6 Å². The Balaban J connectivity index is 1.97. The predicted octanol–water partition coefficient (Wildman–Crippen LogP) is 1.99. The largest absolute Gasteiger partial charge is 0.384 e. The van der Waals surface area contributed by atoms with Crippen molar-refractivity contribution in [3.05, 3.63) is 58.9 Å². The van der Waals surface area contributed by atoms with E-state index in [-0.39, 0.29) is 18.0 Å². The van der Waals surface area contributed by atoms with E-state index >= 15 is 0 Å². The molecule has 1 aromatic carbocycles. The molecular weight excluding hydrogens is 316 g/mol. The molecule has 1 atom stereocenters. The third kappa shape index (κ3) is 4.18.